The molecule has 0 aliphatic carbocycles. The summed E-state index contributed by atoms with van der Waals surface area (Å²) in [7, 11) is 0. The number of fused-ring (bicyclic) bond motifs is 1. The van der Waals surface area contributed by atoms with Crippen LogP contribution in [-0.4, -0.2) is 0 Å². The van der Waals surface area contributed by atoms with Crippen LogP contribution in [0.15, 0.2) is 73.3 Å². The van der Waals surface area contributed by atoms with Crippen LogP contribution in [0.2, 0.25) is 0 Å². The van der Waals surface area contributed by atoms with Gasteiger partial charge in [0.2, 0.25) is 0 Å². The molecule has 0 aromatic heterocycles. The first-order valence-corrected chi connectivity index (χ1v) is 7.44. The molecule has 0 saturated heterocycles. The predicted molar refractivity (Wildman–Crippen MR) is 88.3 cm³/mol. The van der Waals surface area contributed by atoms with Gasteiger partial charge in [0, 0.05) is 11.1 Å². The second kappa shape index (κ2) is 5.99. The summed E-state index contributed by atoms with van der Waals surface area (Å²) < 4.78 is 67.4. The second-order valence-corrected chi connectivity index (χ2v) is 5.65. The fourth-order valence-electron chi connectivity index (χ4n) is 2.70. The Balaban J connectivity index is 2.03. The molecular weight excluding hydrogens is 335 g/mol. The minimum Gasteiger partial charge on any atom is -0.196 e. The molecule has 0 N–H and O–H groups in total. The van der Waals surface area contributed by atoms with Crippen molar-refractivity contribution in [2.75, 3.05) is 0 Å². The van der Waals surface area contributed by atoms with E-state index in [0.29, 0.717) is 17.5 Å². The third-order valence-corrected chi connectivity index (χ3v) is 4.07. The average Bonchev–Trinajstić information content (AvgIpc) is 2.60. The molecule has 0 aliphatic heterocycles. The maximum Gasteiger partial charge on any atom is 0.416 e. The minimum atomic E-state index is -4.57. The molecule has 0 heterocycles. The lowest BCUT2D eigenvalue weighted by Gasteiger charge is -2.21. The number of benzene rings is 3. The van der Waals surface area contributed by atoms with Crippen LogP contribution in [0, 0.1) is 0 Å². The molecule has 0 nitrogen and oxygen atoms in total. The number of rotatable bonds is 3. The lowest BCUT2D eigenvalue weighted by atomic mass is 9.91. The number of alkyl halides is 5. The van der Waals surface area contributed by atoms with Crippen LogP contribution < -0.4 is 0 Å². The quantitative estimate of drug-likeness (QED) is 0.464. The number of halogens is 5. The first kappa shape index (κ1) is 17.1. The highest BCUT2D eigenvalue weighted by Crippen LogP contribution is 2.43. The maximum atomic E-state index is 14.8. The summed E-state index contributed by atoms with van der Waals surface area (Å²) in [6.07, 6.45) is -4.57. The van der Waals surface area contributed by atoms with Crippen LogP contribution in [0.4, 0.5) is 22.0 Å². The smallest absolute Gasteiger partial charge is 0.196 e. The Bertz CT molecular complexity index is 915. The summed E-state index contributed by atoms with van der Waals surface area (Å²) in [5.74, 6) is -3.49. The Morgan fingerprint density at radius 3 is 1.88 bits per heavy atom. The molecule has 0 amide bonds. The molecule has 3 aromatic rings. The van der Waals surface area contributed by atoms with E-state index in [1.165, 1.54) is 6.07 Å². The molecule has 0 unspecified atom stereocenters. The summed E-state index contributed by atoms with van der Waals surface area (Å²) in [5, 5.41) is 1.39. The Labute approximate surface area is 141 Å². The Morgan fingerprint density at radius 1 is 0.680 bits per heavy atom. The van der Waals surface area contributed by atoms with Gasteiger partial charge in [-0.3, -0.25) is 0 Å². The third kappa shape index (κ3) is 3.14. The Hall–Kier alpha value is -2.69. The van der Waals surface area contributed by atoms with Crippen molar-refractivity contribution in [2.24, 2.45) is 0 Å². The summed E-state index contributed by atoms with van der Waals surface area (Å²) in [6.45, 7) is 3.52. The van der Waals surface area contributed by atoms with Crippen molar-refractivity contribution in [3.63, 3.8) is 0 Å². The van der Waals surface area contributed by atoms with Gasteiger partial charge in [-0.1, -0.05) is 61.2 Å². The third-order valence-electron chi connectivity index (χ3n) is 4.07. The number of hydrogen-bond acceptors (Lipinski definition) is 0. The van der Waals surface area contributed by atoms with Crippen molar-refractivity contribution in [3.05, 3.63) is 90.0 Å². The van der Waals surface area contributed by atoms with Crippen LogP contribution in [0.3, 0.4) is 0 Å². The SMILES string of the molecule is C=C(c1cccc2ccccc12)C(F)(F)c1ccc(C(F)(F)F)cc1. The molecule has 128 valence electrons. The zero-order valence-corrected chi connectivity index (χ0v) is 12.9. The van der Waals surface area contributed by atoms with Gasteiger partial charge in [0.15, 0.2) is 0 Å². The molecule has 0 atom stereocenters. The summed E-state index contributed by atoms with van der Waals surface area (Å²) in [4.78, 5) is 0. The zero-order chi connectivity index (χ0) is 18.2. The van der Waals surface area contributed by atoms with Crippen LogP contribution in [0.1, 0.15) is 16.7 Å². The van der Waals surface area contributed by atoms with E-state index in [-0.39, 0.29) is 5.56 Å². The van der Waals surface area contributed by atoms with Gasteiger partial charge >= 0.3 is 6.18 Å². The van der Waals surface area contributed by atoms with Gasteiger partial charge in [-0.05, 0) is 28.5 Å². The van der Waals surface area contributed by atoms with E-state index >= 15 is 0 Å². The first-order valence-electron chi connectivity index (χ1n) is 7.44. The van der Waals surface area contributed by atoms with Crippen LogP contribution >= 0.6 is 0 Å². The fourth-order valence-corrected chi connectivity index (χ4v) is 2.70. The summed E-state index contributed by atoms with van der Waals surface area (Å²) in [6, 6.07) is 14.9. The summed E-state index contributed by atoms with van der Waals surface area (Å²) >= 11 is 0. The van der Waals surface area contributed by atoms with Crippen molar-refractivity contribution in [2.45, 2.75) is 12.1 Å². The average molecular weight is 348 g/mol. The first-order chi connectivity index (χ1) is 11.7. The topological polar surface area (TPSA) is 0 Å². The van der Waals surface area contributed by atoms with Gasteiger partial charge in [0.25, 0.3) is 5.92 Å². The second-order valence-electron chi connectivity index (χ2n) is 5.65. The standard InChI is InChI=1S/C20H13F5/c1-13(17-8-4-6-14-5-2-3-7-18(14)17)19(21,22)15-9-11-16(12-10-15)20(23,24)25/h2-12H,1H2. The molecule has 3 rings (SSSR count). The van der Waals surface area contributed by atoms with E-state index in [4.69, 9.17) is 0 Å². The van der Waals surface area contributed by atoms with E-state index in [0.717, 1.165) is 17.5 Å². The van der Waals surface area contributed by atoms with E-state index in [1.54, 1.807) is 36.4 Å². The molecule has 25 heavy (non-hydrogen) atoms. The predicted octanol–water partition coefficient (Wildman–Crippen LogP) is 6.66. The van der Waals surface area contributed by atoms with Crippen LogP contribution in [0.5, 0.6) is 0 Å². The largest absolute Gasteiger partial charge is 0.416 e. The lowest BCUT2D eigenvalue weighted by molar-refractivity contribution is -0.137. The lowest BCUT2D eigenvalue weighted by Crippen LogP contribution is -2.16. The maximum absolute atomic E-state index is 14.8. The molecule has 0 radical (unpaired) electrons. The van der Waals surface area contributed by atoms with Crippen LogP contribution in [-0.2, 0) is 12.1 Å². The van der Waals surface area contributed by atoms with Crippen molar-refractivity contribution in [1.29, 1.82) is 0 Å². The molecule has 0 saturated carbocycles. The fraction of sp³-hybridized carbons (Fsp3) is 0.100. The van der Waals surface area contributed by atoms with Crippen molar-refractivity contribution in [1.82, 2.24) is 0 Å². The van der Waals surface area contributed by atoms with Gasteiger partial charge in [0.05, 0.1) is 5.56 Å². The highest BCUT2D eigenvalue weighted by molar-refractivity contribution is 5.94. The molecule has 0 spiro atoms. The van der Waals surface area contributed by atoms with E-state index in [2.05, 4.69) is 6.58 Å². The van der Waals surface area contributed by atoms with Gasteiger partial charge < -0.3 is 0 Å². The molecular formula is C20H13F5. The van der Waals surface area contributed by atoms with Crippen LogP contribution in [0.25, 0.3) is 16.3 Å². The van der Waals surface area contributed by atoms with Gasteiger partial charge in [-0.25, -0.2) is 0 Å². The molecule has 5 heteroatoms. The van der Waals surface area contributed by atoms with Gasteiger partial charge in [-0.2, -0.15) is 22.0 Å². The molecule has 0 aliphatic rings. The normalized spacial score (nSPS) is 12.4. The Kier molecular flexibility index (Phi) is 4.11. The monoisotopic (exact) mass is 348 g/mol. The van der Waals surface area contributed by atoms with Crippen molar-refractivity contribution < 1.29 is 22.0 Å². The molecule has 3 aromatic carbocycles. The van der Waals surface area contributed by atoms with Crippen molar-refractivity contribution in [3.8, 4) is 0 Å². The highest BCUT2D eigenvalue weighted by Gasteiger charge is 2.38. The number of hydrogen-bond donors (Lipinski definition) is 0. The Morgan fingerprint density at radius 2 is 1.24 bits per heavy atom. The van der Waals surface area contributed by atoms with E-state index in [9.17, 15) is 22.0 Å². The van der Waals surface area contributed by atoms with Gasteiger partial charge in [-0.15, -0.1) is 0 Å². The van der Waals surface area contributed by atoms with Gasteiger partial charge in [0.1, 0.15) is 0 Å². The van der Waals surface area contributed by atoms with E-state index < -0.39 is 28.8 Å². The van der Waals surface area contributed by atoms with E-state index in [1.807, 2.05) is 0 Å². The number of allylic oxidation sites excluding steroid dienone is 1. The zero-order valence-electron chi connectivity index (χ0n) is 12.9. The summed E-state index contributed by atoms with van der Waals surface area (Å²) in [5.41, 5.74) is -1.69. The van der Waals surface area contributed by atoms with Crippen molar-refractivity contribution >= 4 is 16.3 Å². The highest BCUT2D eigenvalue weighted by atomic mass is 19.4. The molecule has 0 fully saturated rings. The molecule has 0 bridgehead atoms. The minimum absolute atomic E-state index is 0.267.